The molecule has 0 spiro atoms. The second-order valence-electron chi connectivity index (χ2n) is 4.50. The zero-order chi connectivity index (χ0) is 11.5. The third-order valence-electron chi connectivity index (χ3n) is 2.83. The lowest BCUT2D eigenvalue weighted by atomic mass is 10.1. The number of allylic oxidation sites excluding steroid dienone is 1. The van der Waals surface area contributed by atoms with Crippen LogP contribution in [0.15, 0.2) is 30.3 Å². The lowest BCUT2D eigenvalue weighted by molar-refractivity contribution is -0.115. The molecule has 0 radical (unpaired) electrons. The Kier molecular flexibility index (Phi) is 3.09. The first kappa shape index (κ1) is 10.9. The molecule has 1 aliphatic carbocycles. The second kappa shape index (κ2) is 4.52. The quantitative estimate of drug-likeness (QED) is 0.720. The number of ketones is 1. The summed E-state index contributed by atoms with van der Waals surface area (Å²) in [4.78, 5) is 13.5. The molecule has 16 heavy (non-hydrogen) atoms. The maximum absolute atomic E-state index is 11.5. The Balaban J connectivity index is 2.01. The summed E-state index contributed by atoms with van der Waals surface area (Å²) >= 11 is 0. The molecule has 2 heteroatoms. The van der Waals surface area contributed by atoms with Gasteiger partial charge in [-0.05, 0) is 36.6 Å². The molecule has 1 aromatic rings. The van der Waals surface area contributed by atoms with Crippen LogP contribution in [0.3, 0.4) is 0 Å². The van der Waals surface area contributed by atoms with Gasteiger partial charge in [0.1, 0.15) is 0 Å². The highest BCUT2D eigenvalue weighted by Crippen LogP contribution is 2.30. The third-order valence-corrected chi connectivity index (χ3v) is 2.83. The first-order valence-corrected chi connectivity index (χ1v) is 5.66. The van der Waals surface area contributed by atoms with E-state index in [9.17, 15) is 4.79 Å². The highest BCUT2D eigenvalue weighted by atomic mass is 16.1. The number of rotatable bonds is 4. The van der Waals surface area contributed by atoms with Crippen molar-refractivity contribution in [2.24, 2.45) is 5.92 Å². The van der Waals surface area contributed by atoms with Crippen molar-refractivity contribution in [2.75, 3.05) is 19.0 Å². The van der Waals surface area contributed by atoms with Crippen molar-refractivity contribution in [1.29, 1.82) is 0 Å². The van der Waals surface area contributed by atoms with Gasteiger partial charge in [-0.1, -0.05) is 18.2 Å². The lowest BCUT2D eigenvalue weighted by Gasteiger charge is -2.11. The van der Waals surface area contributed by atoms with E-state index in [2.05, 4.69) is 17.0 Å². The minimum Gasteiger partial charge on any atom is -0.378 e. The number of hydrogen-bond acceptors (Lipinski definition) is 2. The van der Waals surface area contributed by atoms with E-state index in [-0.39, 0.29) is 5.78 Å². The molecule has 1 aromatic carbocycles. The van der Waals surface area contributed by atoms with Crippen LogP contribution in [0, 0.1) is 5.92 Å². The smallest absolute Gasteiger partial charge is 0.158 e. The van der Waals surface area contributed by atoms with E-state index in [0.29, 0.717) is 5.92 Å². The van der Waals surface area contributed by atoms with Gasteiger partial charge < -0.3 is 4.90 Å². The first-order chi connectivity index (χ1) is 7.66. The number of hydrogen-bond donors (Lipinski definition) is 0. The molecular formula is C14H17NO. The Morgan fingerprint density at radius 2 is 1.88 bits per heavy atom. The number of carbonyl (C=O) groups excluding carboxylic acids is 1. The molecule has 0 aromatic heterocycles. The van der Waals surface area contributed by atoms with Crippen LogP contribution in [-0.4, -0.2) is 19.9 Å². The zero-order valence-electron chi connectivity index (χ0n) is 9.81. The SMILES string of the molecule is CN(C)c1ccc(/C=C/C(=O)C2CC2)cc1. The van der Waals surface area contributed by atoms with Crippen LogP contribution in [0.2, 0.25) is 0 Å². The average Bonchev–Trinajstić information content (AvgIpc) is 3.10. The molecule has 2 rings (SSSR count). The zero-order valence-corrected chi connectivity index (χ0v) is 9.81. The Bertz CT molecular complexity index is 399. The molecule has 0 heterocycles. The molecule has 0 unspecified atom stereocenters. The number of anilines is 1. The Morgan fingerprint density at radius 1 is 1.25 bits per heavy atom. The monoisotopic (exact) mass is 215 g/mol. The molecule has 0 atom stereocenters. The van der Waals surface area contributed by atoms with E-state index in [1.807, 2.05) is 32.3 Å². The van der Waals surface area contributed by atoms with Gasteiger partial charge in [0.2, 0.25) is 0 Å². The normalized spacial score (nSPS) is 15.4. The van der Waals surface area contributed by atoms with Crippen LogP contribution in [0.25, 0.3) is 6.08 Å². The maximum Gasteiger partial charge on any atom is 0.158 e. The van der Waals surface area contributed by atoms with Crippen LogP contribution in [-0.2, 0) is 4.79 Å². The van der Waals surface area contributed by atoms with E-state index >= 15 is 0 Å². The van der Waals surface area contributed by atoms with E-state index in [1.165, 1.54) is 5.69 Å². The molecule has 1 saturated carbocycles. The van der Waals surface area contributed by atoms with Gasteiger partial charge in [-0.25, -0.2) is 0 Å². The van der Waals surface area contributed by atoms with Crippen LogP contribution in [0.5, 0.6) is 0 Å². The van der Waals surface area contributed by atoms with E-state index in [4.69, 9.17) is 0 Å². The molecular weight excluding hydrogens is 198 g/mol. The fourth-order valence-electron chi connectivity index (χ4n) is 1.57. The van der Waals surface area contributed by atoms with Gasteiger partial charge in [0.15, 0.2) is 5.78 Å². The number of benzene rings is 1. The summed E-state index contributed by atoms with van der Waals surface area (Å²) in [7, 11) is 4.03. The molecule has 0 N–H and O–H groups in total. The summed E-state index contributed by atoms with van der Waals surface area (Å²) < 4.78 is 0. The van der Waals surface area contributed by atoms with Gasteiger partial charge >= 0.3 is 0 Å². The van der Waals surface area contributed by atoms with E-state index in [0.717, 1.165) is 18.4 Å². The summed E-state index contributed by atoms with van der Waals surface area (Å²) in [5.74, 6) is 0.592. The van der Waals surface area contributed by atoms with Crippen molar-refractivity contribution >= 4 is 17.5 Å². The predicted molar refractivity (Wildman–Crippen MR) is 67.5 cm³/mol. The van der Waals surface area contributed by atoms with Crippen LogP contribution in [0.1, 0.15) is 18.4 Å². The first-order valence-electron chi connectivity index (χ1n) is 5.66. The highest BCUT2D eigenvalue weighted by molar-refractivity contribution is 5.96. The molecule has 0 aliphatic heterocycles. The van der Waals surface area contributed by atoms with Gasteiger partial charge in [-0.3, -0.25) is 4.79 Å². The van der Waals surface area contributed by atoms with Crippen molar-refractivity contribution in [2.45, 2.75) is 12.8 Å². The van der Waals surface area contributed by atoms with Crippen LogP contribution >= 0.6 is 0 Å². The summed E-state index contributed by atoms with van der Waals surface area (Å²) in [6, 6.07) is 8.18. The molecule has 2 nitrogen and oxygen atoms in total. The highest BCUT2D eigenvalue weighted by Gasteiger charge is 2.27. The van der Waals surface area contributed by atoms with Gasteiger partial charge in [0.25, 0.3) is 0 Å². The molecule has 1 fully saturated rings. The predicted octanol–water partition coefficient (Wildman–Crippen LogP) is 2.74. The largest absolute Gasteiger partial charge is 0.378 e. The van der Waals surface area contributed by atoms with Crippen molar-refractivity contribution in [3.8, 4) is 0 Å². The van der Waals surface area contributed by atoms with Gasteiger partial charge in [-0.2, -0.15) is 0 Å². The third kappa shape index (κ3) is 2.72. The second-order valence-corrected chi connectivity index (χ2v) is 4.50. The van der Waals surface area contributed by atoms with Crippen molar-refractivity contribution < 1.29 is 4.79 Å². The van der Waals surface area contributed by atoms with E-state index in [1.54, 1.807) is 6.08 Å². The molecule has 0 saturated heterocycles. The summed E-state index contributed by atoms with van der Waals surface area (Å²) in [5.41, 5.74) is 2.25. The van der Waals surface area contributed by atoms with Crippen molar-refractivity contribution in [3.05, 3.63) is 35.9 Å². The summed E-state index contributed by atoms with van der Waals surface area (Å²) in [6.07, 6.45) is 5.76. The van der Waals surface area contributed by atoms with Crippen LogP contribution < -0.4 is 4.90 Å². The molecule has 84 valence electrons. The summed E-state index contributed by atoms with van der Waals surface area (Å²) in [5, 5.41) is 0. The standard InChI is InChI=1S/C14H17NO/c1-15(2)13-8-3-11(4-9-13)5-10-14(16)12-6-7-12/h3-5,8-10,12H,6-7H2,1-2H3/b10-5+. The summed E-state index contributed by atoms with van der Waals surface area (Å²) in [6.45, 7) is 0. The number of carbonyl (C=O) groups is 1. The fourth-order valence-corrected chi connectivity index (χ4v) is 1.57. The van der Waals surface area contributed by atoms with Gasteiger partial charge in [0.05, 0.1) is 0 Å². The Labute approximate surface area is 96.6 Å². The Hall–Kier alpha value is -1.57. The topological polar surface area (TPSA) is 20.3 Å². The van der Waals surface area contributed by atoms with Crippen LogP contribution in [0.4, 0.5) is 5.69 Å². The molecule has 0 bridgehead atoms. The average molecular weight is 215 g/mol. The van der Waals surface area contributed by atoms with Crippen molar-refractivity contribution in [1.82, 2.24) is 0 Å². The molecule has 1 aliphatic rings. The van der Waals surface area contributed by atoms with E-state index < -0.39 is 0 Å². The van der Waals surface area contributed by atoms with Gasteiger partial charge in [0, 0.05) is 25.7 Å². The fraction of sp³-hybridized carbons (Fsp3) is 0.357. The Morgan fingerprint density at radius 3 is 2.38 bits per heavy atom. The minimum absolute atomic E-state index is 0.275. The maximum atomic E-state index is 11.5. The lowest BCUT2D eigenvalue weighted by Crippen LogP contribution is -2.07. The van der Waals surface area contributed by atoms with Crippen molar-refractivity contribution in [3.63, 3.8) is 0 Å². The molecule has 0 amide bonds. The number of nitrogens with zero attached hydrogens (tertiary/aromatic N) is 1. The minimum atomic E-state index is 0.275. The van der Waals surface area contributed by atoms with Gasteiger partial charge in [-0.15, -0.1) is 0 Å².